The second kappa shape index (κ2) is 7.81. The van der Waals surface area contributed by atoms with Crippen LogP contribution in [-0.4, -0.2) is 67.6 Å². The molecule has 1 heterocycles. The van der Waals surface area contributed by atoms with Crippen molar-refractivity contribution in [3.05, 3.63) is 0 Å². The van der Waals surface area contributed by atoms with Crippen molar-refractivity contribution in [1.82, 2.24) is 15.5 Å². The molecular weight excluding hydrogens is 264 g/mol. The average molecular weight is 286 g/mol. The Hall–Kier alpha value is -1.67. The Morgan fingerprint density at radius 2 is 1.75 bits per heavy atom. The summed E-state index contributed by atoms with van der Waals surface area (Å²) in [4.78, 5) is 36.3. The van der Waals surface area contributed by atoms with Gasteiger partial charge in [-0.1, -0.05) is 0 Å². The van der Waals surface area contributed by atoms with Crippen LogP contribution in [0.15, 0.2) is 0 Å². The van der Waals surface area contributed by atoms with Gasteiger partial charge in [0.15, 0.2) is 0 Å². The van der Waals surface area contributed by atoms with E-state index in [0.29, 0.717) is 26.3 Å². The van der Waals surface area contributed by atoms with Gasteiger partial charge in [0.2, 0.25) is 17.7 Å². The summed E-state index contributed by atoms with van der Waals surface area (Å²) in [6.07, 6.45) is 0. The lowest BCUT2D eigenvalue weighted by Crippen LogP contribution is -2.52. The number of amides is 3. The van der Waals surface area contributed by atoms with Crippen LogP contribution in [0.3, 0.4) is 0 Å². The fraction of sp³-hybridized carbons (Fsp3) is 0.750. The molecule has 0 aromatic carbocycles. The zero-order chi connectivity index (χ0) is 15.1. The van der Waals surface area contributed by atoms with E-state index in [1.54, 1.807) is 6.92 Å². The number of carbonyl (C=O) groups excluding carboxylic acids is 3. The molecule has 1 aliphatic rings. The van der Waals surface area contributed by atoms with Crippen molar-refractivity contribution in [3.63, 3.8) is 0 Å². The summed E-state index contributed by atoms with van der Waals surface area (Å²) < 4.78 is 5.19. The van der Waals surface area contributed by atoms with Gasteiger partial charge in [-0.15, -0.1) is 0 Å². The minimum Gasteiger partial charge on any atom is -0.379 e. The van der Waals surface area contributed by atoms with Gasteiger partial charge in [-0.2, -0.15) is 0 Å². The van der Waals surface area contributed by atoms with Crippen molar-refractivity contribution in [3.8, 4) is 0 Å². The highest BCUT2D eigenvalue weighted by Gasteiger charge is 2.21. The summed E-state index contributed by atoms with van der Waals surface area (Å²) in [6, 6.07) is -1.48. The minimum atomic E-state index is -0.763. The number of morpholine rings is 1. The topological polar surface area (TPSA) is 114 Å². The van der Waals surface area contributed by atoms with Gasteiger partial charge in [0, 0.05) is 13.1 Å². The molecule has 1 fully saturated rings. The van der Waals surface area contributed by atoms with Crippen LogP contribution in [0, 0.1) is 0 Å². The first-order valence-electron chi connectivity index (χ1n) is 6.59. The van der Waals surface area contributed by atoms with E-state index in [9.17, 15) is 14.4 Å². The van der Waals surface area contributed by atoms with Crippen LogP contribution < -0.4 is 16.4 Å². The molecule has 0 aromatic rings. The van der Waals surface area contributed by atoms with E-state index in [1.807, 2.05) is 4.90 Å². The van der Waals surface area contributed by atoms with Gasteiger partial charge in [-0.25, -0.2) is 0 Å². The van der Waals surface area contributed by atoms with E-state index in [0.717, 1.165) is 0 Å². The van der Waals surface area contributed by atoms with Crippen molar-refractivity contribution in [1.29, 1.82) is 0 Å². The number of hydrogen-bond acceptors (Lipinski definition) is 5. The van der Waals surface area contributed by atoms with Crippen molar-refractivity contribution in [2.45, 2.75) is 25.9 Å². The van der Waals surface area contributed by atoms with Crippen LogP contribution in [0.2, 0.25) is 0 Å². The molecule has 0 spiro atoms. The average Bonchev–Trinajstić information content (AvgIpc) is 2.39. The standard InChI is InChI=1S/C12H22N4O4/c1-8(11(13)18)15-12(19)9(2)14-10(17)7-16-3-5-20-6-4-16/h8-9H,3-7H2,1-2H3,(H2,13,18)(H,14,17)(H,15,19)/t8?,9-/m0/s1. The van der Waals surface area contributed by atoms with Crippen LogP contribution in [0.1, 0.15) is 13.8 Å². The smallest absolute Gasteiger partial charge is 0.242 e. The predicted octanol–water partition coefficient (Wildman–Crippen LogP) is -2.19. The van der Waals surface area contributed by atoms with Crippen LogP contribution in [0.4, 0.5) is 0 Å². The quantitative estimate of drug-likeness (QED) is 0.513. The van der Waals surface area contributed by atoms with E-state index < -0.39 is 23.9 Å². The molecule has 1 aliphatic heterocycles. The van der Waals surface area contributed by atoms with Gasteiger partial charge in [0.25, 0.3) is 0 Å². The second-order valence-corrected chi connectivity index (χ2v) is 4.81. The number of nitrogens with zero attached hydrogens (tertiary/aromatic N) is 1. The lowest BCUT2D eigenvalue weighted by Gasteiger charge is -2.26. The monoisotopic (exact) mass is 286 g/mol. The highest BCUT2D eigenvalue weighted by Crippen LogP contribution is 1.96. The molecule has 4 N–H and O–H groups in total. The molecule has 3 amide bonds. The number of hydrogen-bond donors (Lipinski definition) is 3. The van der Waals surface area contributed by atoms with Crippen molar-refractivity contribution in [2.24, 2.45) is 5.73 Å². The minimum absolute atomic E-state index is 0.229. The third-order valence-corrected chi connectivity index (χ3v) is 3.03. The molecule has 8 nitrogen and oxygen atoms in total. The van der Waals surface area contributed by atoms with E-state index in [4.69, 9.17) is 10.5 Å². The molecule has 20 heavy (non-hydrogen) atoms. The molecule has 2 atom stereocenters. The van der Waals surface area contributed by atoms with Crippen LogP contribution in [0.25, 0.3) is 0 Å². The van der Waals surface area contributed by atoms with Gasteiger partial charge < -0.3 is 21.1 Å². The first kappa shape index (κ1) is 16.4. The van der Waals surface area contributed by atoms with Gasteiger partial charge in [0.05, 0.1) is 19.8 Å². The van der Waals surface area contributed by atoms with Crippen LogP contribution in [-0.2, 0) is 19.1 Å². The summed E-state index contributed by atoms with van der Waals surface area (Å²) in [7, 11) is 0. The molecule has 1 saturated heterocycles. The van der Waals surface area contributed by atoms with Crippen molar-refractivity contribution in [2.75, 3.05) is 32.8 Å². The van der Waals surface area contributed by atoms with Crippen LogP contribution >= 0.6 is 0 Å². The highest BCUT2D eigenvalue weighted by molar-refractivity contribution is 5.91. The molecule has 0 bridgehead atoms. The Kier molecular flexibility index (Phi) is 6.40. The molecule has 1 unspecified atom stereocenters. The van der Waals surface area contributed by atoms with Gasteiger partial charge in [-0.05, 0) is 13.8 Å². The number of ether oxygens (including phenoxy) is 1. The Labute approximate surface area is 118 Å². The largest absolute Gasteiger partial charge is 0.379 e. The van der Waals surface area contributed by atoms with Crippen molar-refractivity contribution < 1.29 is 19.1 Å². The normalized spacial score (nSPS) is 18.9. The maximum absolute atomic E-state index is 11.8. The molecule has 0 radical (unpaired) electrons. The maximum Gasteiger partial charge on any atom is 0.242 e. The van der Waals surface area contributed by atoms with Gasteiger partial charge in [-0.3, -0.25) is 19.3 Å². The molecule has 0 saturated carbocycles. The SMILES string of the molecule is CC(NC(=O)[C@H](C)NC(=O)CN1CCOCC1)C(N)=O. The number of rotatable bonds is 6. The molecule has 1 rings (SSSR count). The predicted molar refractivity (Wildman–Crippen MR) is 71.7 cm³/mol. The first-order valence-corrected chi connectivity index (χ1v) is 6.59. The zero-order valence-corrected chi connectivity index (χ0v) is 11.8. The fourth-order valence-electron chi connectivity index (χ4n) is 1.72. The lowest BCUT2D eigenvalue weighted by atomic mass is 10.2. The van der Waals surface area contributed by atoms with E-state index >= 15 is 0 Å². The summed E-state index contributed by atoms with van der Waals surface area (Å²) in [5, 5.41) is 5.01. The van der Waals surface area contributed by atoms with E-state index in [2.05, 4.69) is 10.6 Å². The molecule has 0 aromatic heterocycles. The highest BCUT2D eigenvalue weighted by atomic mass is 16.5. The zero-order valence-electron chi connectivity index (χ0n) is 11.8. The Morgan fingerprint density at radius 3 is 2.30 bits per heavy atom. The first-order chi connectivity index (χ1) is 9.40. The Morgan fingerprint density at radius 1 is 1.15 bits per heavy atom. The fourth-order valence-corrected chi connectivity index (χ4v) is 1.72. The summed E-state index contributed by atoms with van der Waals surface area (Å²) >= 11 is 0. The van der Waals surface area contributed by atoms with E-state index in [-0.39, 0.29) is 12.5 Å². The van der Waals surface area contributed by atoms with E-state index in [1.165, 1.54) is 6.92 Å². The van der Waals surface area contributed by atoms with Gasteiger partial charge in [0.1, 0.15) is 12.1 Å². The van der Waals surface area contributed by atoms with Gasteiger partial charge >= 0.3 is 0 Å². The second-order valence-electron chi connectivity index (χ2n) is 4.81. The summed E-state index contributed by atoms with van der Waals surface area (Å²) in [5.41, 5.74) is 5.05. The third kappa shape index (κ3) is 5.54. The Bertz CT molecular complexity index is 368. The van der Waals surface area contributed by atoms with Crippen LogP contribution in [0.5, 0.6) is 0 Å². The molecule has 114 valence electrons. The Balaban J connectivity index is 2.32. The maximum atomic E-state index is 11.8. The molecule has 0 aliphatic carbocycles. The molecular formula is C12H22N4O4. The number of nitrogens with one attached hydrogen (secondary N) is 2. The third-order valence-electron chi connectivity index (χ3n) is 3.03. The molecule has 8 heteroatoms. The number of primary amides is 1. The van der Waals surface area contributed by atoms with Crippen molar-refractivity contribution >= 4 is 17.7 Å². The number of nitrogens with two attached hydrogens (primary N) is 1. The summed E-state index contributed by atoms with van der Waals surface area (Å²) in [6.45, 7) is 5.90. The lowest BCUT2D eigenvalue weighted by molar-refractivity contribution is -0.131. The number of carbonyl (C=O) groups is 3. The summed E-state index contributed by atoms with van der Waals surface area (Å²) in [5.74, 6) is -1.29.